The first-order valence-electron chi connectivity index (χ1n) is 18.6. The lowest BCUT2D eigenvalue weighted by Gasteiger charge is -2.13. The number of benzene rings is 7. The fraction of sp³-hybridized carbons (Fsp3) is 0. The van der Waals surface area contributed by atoms with Crippen molar-refractivity contribution < 1.29 is 0 Å². The molecular weight excluding hydrogens is 687 g/mol. The minimum atomic E-state index is 0.488. The van der Waals surface area contributed by atoms with Crippen LogP contribution in [0.4, 0.5) is 0 Å². The molecule has 0 bridgehead atoms. The predicted octanol–water partition coefficient (Wildman–Crippen LogP) is 11.5. The van der Waals surface area contributed by atoms with Gasteiger partial charge in [0.05, 0.1) is 22.1 Å². The minimum absolute atomic E-state index is 0.488. The molecular formula is C49H31N7. The highest BCUT2D eigenvalue weighted by atomic mass is 15.1. The van der Waals surface area contributed by atoms with Crippen LogP contribution in [0.3, 0.4) is 0 Å². The Labute approximate surface area is 321 Å². The van der Waals surface area contributed by atoms with Crippen LogP contribution in [0.1, 0.15) is 0 Å². The molecule has 0 aliphatic heterocycles. The van der Waals surface area contributed by atoms with Gasteiger partial charge >= 0.3 is 0 Å². The Morgan fingerprint density at radius 2 is 0.929 bits per heavy atom. The molecule has 0 amide bonds. The standard InChI is InChI=1S/C49H31N7/c1-4-15-32(16-5-1)46-52-47(33-17-6-2-7-18-33)54-49(53-46)45-39-24-10-12-25-41(39)50-48(51-45)35-19-14-22-37(29-35)56-42-26-13-11-23-38(42)40-31-43-34(30-44(40)56)27-28-55(43)36-20-8-3-9-21-36/h1-31H. The number of hydrogen-bond acceptors (Lipinski definition) is 5. The van der Waals surface area contributed by atoms with E-state index in [4.69, 9.17) is 24.9 Å². The van der Waals surface area contributed by atoms with E-state index in [1.807, 2.05) is 84.9 Å². The second-order valence-corrected chi connectivity index (χ2v) is 13.8. The lowest BCUT2D eigenvalue weighted by molar-refractivity contribution is 1.06. The second-order valence-electron chi connectivity index (χ2n) is 13.8. The van der Waals surface area contributed by atoms with Crippen LogP contribution in [-0.2, 0) is 0 Å². The van der Waals surface area contributed by atoms with Crippen molar-refractivity contribution in [1.82, 2.24) is 34.1 Å². The summed E-state index contributed by atoms with van der Waals surface area (Å²) in [7, 11) is 0. The van der Waals surface area contributed by atoms with Gasteiger partial charge in [-0.3, -0.25) is 0 Å². The molecule has 0 atom stereocenters. The van der Waals surface area contributed by atoms with Gasteiger partial charge in [-0.15, -0.1) is 0 Å². The molecule has 0 aliphatic rings. The second kappa shape index (κ2) is 13.0. The van der Waals surface area contributed by atoms with E-state index >= 15 is 0 Å². The van der Waals surface area contributed by atoms with E-state index in [2.05, 4.69) is 112 Å². The zero-order chi connectivity index (χ0) is 37.0. The van der Waals surface area contributed by atoms with Gasteiger partial charge in [0.2, 0.25) is 0 Å². The van der Waals surface area contributed by atoms with Gasteiger partial charge in [-0.05, 0) is 54.6 Å². The van der Waals surface area contributed by atoms with Crippen LogP contribution < -0.4 is 0 Å². The maximum absolute atomic E-state index is 5.25. The topological polar surface area (TPSA) is 74.3 Å². The van der Waals surface area contributed by atoms with Gasteiger partial charge in [0.25, 0.3) is 0 Å². The number of fused-ring (bicyclic) bond motifs is 5. The molecule has 0 N–H and O–H groups in total. The summed E-state index contributed by atoms with van der Waals surface area (Å²) < 4.78 is 4.61. The Hall–Kier alpha value is -7.77. The number of nitrogens with zero attached hydrogens (tertiary/aromatic N) is 7. The molecule has 0 radical (unpaired) electrons. The summed E-state index contributed by atoms with van der Waals surface area (Å²) in [5, 5.41) is 4.42. The van der Waals surface area contributed by atoms with Gasteiger partial charge in [-0.25, -0.2) is 24.9 Å². The molecule has 7 nitrogen and oxygen atoms in total. The average Bonchev–Trinajstić information content (AvgIpc) is 3.84. The maximum atomic E-state index is 5.25. The van der Waals surface area contributed by atoms with Crippen molar-refractivity contribution >= 4 is 43.6 Å². The molecule has 4 heterocycles. The van der Waals surface area contributed by atoms with E-state index in [9.17, 15) is 0 Å². The largest absolute Gasteiger partial charge is 0.317 e. The van der Waals surface area contributed by atoms with Gasteiger partial charge in [-0.2, -0.15) is 0 Å². The molecule has 7 aromatic carbocycles. The lowest BCUT2D eigenvalue weighted by atomic mass is 10.1. The Kier molecular flexibility index (Phi) is 7.35. The summed E-state index contributed by atoms with van der Waals surface area (Å²) in [6.07, 6.45) is 2.15. The summed E-state index contributed by atoms with van der Waals surface area (Å²) in [6.45, 7) is 0. The van der Waals surface area contributed by atoms with Crippen LogP contribution in [0.2, 0.25) is 0 Å². The van der Waals surface area contributed by atoms with Gasteiger partial charge in [0.15, 0.2) is 23.3 Å². The lowest BCUT2D eigenvalue weighted by Crippen LogP contribution is -2.03. The number of rotatable bonds is 6. The molecule has 262 valence electrons. The fourth-order valence-corrected chi connectivity index (χ4v) is 7.76. The van der Waals surface area contributed by atoms with Crippen LogP contribution >= 0.6 is 0 Å². The minimum Gasteiger partial charge on any atom is -0.317 e. The molecule has 11 aromatic rings. The quantitative estimate of drug-likeness (QED) is 0.171. The van der Waals surface area contributed by atoms with E-state index in [-0.39, 0.29) is 0 Å². The van der Waals surface area contributed by atoms with E-state index in [1.54, 1.807) is 0 Å². The Morgan fingerprint density at radius 3 is 1.68 bits per heavy atom. The third-order valence-electron chi connectivity index (χ3n) is 10.4. The molecule has 56 heavy (non-hydrogen) atoms. The SMILES string of the molecule is c1ccc(-c2nc(-c3ccccc3)nc(-c3nc(-c4cccc(-n5c6ccccc6c6cc7c(ccn7-c7ccccc7)cc65)c4)nc4ccccc34)n2)cc1. The summed E-state index contributed by atoms with van der Waals surface area (Å²) in [4.78, 5) is 25.4. The highest BCUT2D eigenvalue weighted by Gasteiger charge is 2.19. The van der Waals surface area contributed by atoms with Crippen molar-refractivity contribution in [3.05, 3.63) is 188 Å². The number of aromatic nitrogens is 7. The van der Waals surface area contributed by atoms with Crippen LogP contribution in [-0.4, -0.2) is 34.1 Å². The van der Waals surface area contributed by atoms with Gasteiger partial charge in [-0.1, -0.05) is 127 Å². The molecule has 0 aliphatic carbocycles. The fourth-order valence-electron chi connectivity index (χ4n) is 7.76. The third kappa shape index (κ3) is 5.33. The van der Waals surface area contributed by atoms with Gasteiger partial charge < -0.3 is 9.13 Å². The van der Waals surface area contributed by atoms with Crippen molar-refractivity contribution in [2.75, 3.05) is 0 Å². The van der Waals surface area contributed by atoms with Crippen molar-refractivity contribution in [3.63, 3.8) is 0 Å². The van der Waals surface area contributed by atoms with Gasteiger partial charge in [0.1, 0.15) is 5.69 Å². The zero-order valence-electron chi connectivity index (χ0n) is 30.0. The van der Waals surface area contributed by atoms with Crippen molar-refractivity contribution in [2.24, 2.45) is 0 Å². The molecule has 0 saturated heterocycles. The van der Waals surface area contributed by atoms with Crippen LogP contribution in [0.5, 0.6) is 0 Å². The van der Waals surface area contributed by atoms with E-state index in [0.717, 1.165) is 50.0 Å². The molecule has 0 spiro atoms. The first-order chi connectivity index (χ1) is 27.7. The zero-order valence-corrected chi connectivity index (χ0v) is 30.0. The average molecular weight is 718 g/mol. The van der Waals surface area contributed by atoms with Crippen LogP contribution in [0.15, 0.2) is 188 Å². The van der Waals surface area contributed by atoms with Gasteiger partial charge in [0, 0.05) is 55.8 Å². The highest BCUT2D eigenvalue weighted by molar-refractivity contribution is 6.13. The number of hydrogen-bond donors (Lipinski definition) is 0. The summed E-state index contributed by atoms with van der Waals surface area (Å²) >= 11 is 0. The Bertz CT molecular complexity index is 3180. The van der Waals surface area contributed by atoms with E-state index < -0.39 is 0 Å². The first-order valence-corrected chi connectivity index (χ1v) is 18.6. The molecule has 7 heteroatoms. The number of para-hydroxylation sites is 3. The van der Waals surface area contributed by atoms with E-state index in [1.165, 1.54) is 21.7 Å². The summed E-state index contributed by atoms with van der Waals surface area (Å²) in [5.74, 6) is 2.25. The smallest absolute Gasteiger partial charge is 0.183 e. The highest BCUT2D eigenvalue weighted by Crippen LogP contribution is 2.37. The van der Waals surface area contributed by atoms with Crippen molar-refractivity contribution in [1.29, 1.82) is 0 Å². The van der Waals surface area contributed by atoms with E-state index in [0.29, 0.717) is 29.0 Å². The Balaban J connectivity index is 1.09. The molecule has 11 rings (SSSR count). The Morgan fingerprint density at radius 1 is 0.339 bits per heavy atom. The molecule has 0 fully saturated rings. The predicted molar refractivity (Wildman–Crippen MR) is 226 cm³/mol. The van der Waals surface area contributed by atoms with Crippen molar-refractivity contribution in [2.45, 2.75) is 0 Å². The molecule has 0 saturated carbocycles. The monoisotopic (exact) mass is 717 g/mol. The summed E-state index contributed by atoms with van der Waals surface area (Å²) in [6, 6.07) is 62.5. The molecule has 0 unspecified atom stereocenters. The van der Waals surface area contributed by atoms with Crippen LogP contribution in [0.25, 0.3) is 101 Å². The molecule has 4 aromatic heterocycles. The maximum Gasteiger partial charge on any atom is 0.183 e. The van der Waals surface area contributed by atoms with Crippen LogP contribution in [0, 0.1) is 0 Å². The normalized spacial score (nSPS) is 11.6. The third-order valence-corrected chi connectivity index (χ3v) is 10.4. The summed E-state index contributed by atoms with van der Waals surface area (Å²) in [5.41, 5.74) is 9.74. The van der Waals surface area contributed by atoms with Crippen molar-refractivity contribution in [3.8, 4) is 57.1 Å². The first kappa shape index (κ1) is 31.7.